The van der Waals surface area contributed by atoms with E-state index >= 15 is 0 Å². The third-order valence-corrected chi connectivity index (χ3v) is 2.67. The van der Waals surface area contributed by atoms with Gasteiger partial charge < -0.3 is 15.7 Å². The van der Waals surface area contributed by atoms with Gasteiger partial charge in [0.05, 0.1) is 12.6 Å². The number of carbonyl (C=O) groups is 1. The summed E-state index contributed by atoms with van der Waals surface area (Å²) in [5.74, 6) is -0.0250. The number of amides is 1. The zero-order valence-electron chi connectivity index (χ0n) is 11.7. The summed E-state index contributed by atoms with van der Waals surface area (Å²) in [7, 11) is 0. The molecular formula is C13H28N2O2. The van der Waals surface area contributed by atoms with E-state index in [1.54, 1.807) is 0 Å². The van der Waals surface area contributed by atoms with Gasteiger partial charge in [0.15, 0.2) is 0 Å². The predicted molar refractivity (Wildman–Crippen MR) is 70.9 cm³/mol. The summed E-state index contributed by atoms with van der Waals surface area (Å²) in [6, 6.07) is -0.203. The van der Waals surface area contributed by atoms with Crippen LogP contribution in [0.3, 0.4) is 0 Å². The standard InChI is InChI=1S/C13H28N2O2/c1-5-6-7-8-14-11(13(2,3)4)12(17)15-9-10-16/h11,14,16H,5-10H2,1-4H3,(H,15,17)/t11-/m1/s1. The van der Waals surface area contributed by atoms with E-state index < -0.39 is 0 Å². The molecular weight excluding hydrogens is 216 g/mol. The van der Waals surface area contributed by atoms with Gasteiger partial charge in [0, 0.05) is 6.54 Å². The molecule has 4 heteroatoms. The highest BCUT2D eigenvalue weighted by Crippen LogP contribution is 2.19. The van der Waals surface area contributed by atoms with Gasteiger partial charge in [-0.1, -0.05) is 40.5 Å². The Labute approximate surface area is 105 Å². The van der Waals surface area contributed by atoms with Gasteiger partial charge in [-0.25, -0.2) is 0 Å². The fourth-order valence-corrected chi connectivity index (χ4v) is 1.69. The van der Waals surface area contributed by atoms with Crippen molar-refractivity contribution in [3.8, 4) is 0 Å². The van der Waals surface area contributed by atoms with Crippen LogP contribution < -0.4 is 10.6 Å². The highest BCUT2D eigenvalue weighted by Gasteiger charge is 2.30. The van der Waals surface area contributed by atoms with Crippen LogP contribution >= 0.6 is 0 Å². The summed E-state index contributed by atoms with van der Waals surface area (Å²) in [6.45, 7) is 9.47. The Hall–Kier alpha value is -0.610. The molecule has 0 aliphatic carbocycles. The average molecular weight is 244 g/mol. The normalized spacial score (nSPS) is 13.5. The number of hydrogen-bond acceptors (Lipinski definition) is 3. The molecule has 0 aromatic carbocycles. The van der Waals surface area contributed by atoms with Crippen LogP contribution in [0.5, 0.6) is 0 Å². The molecule has 4 nitrogen and oxygen atoms in total. The van der Waals surface area contributed by atoms with E-state index in [1.165, 1.54) is 12.8 Å². The molecule has 0 aliphatic rings. The highest BCUT2D eigenvalue weighted by atomic mass is 16.3. The smallest absolute Gasteiger partial charge is 0.237 e. The minimum atomic E-state index is -0.203. The number of unbranched alkanes of at least 4 members (excludes halogenated alkanes) is 2. The Bertz CT molecular complexity index is 212. The minimum absolute atomic E-state index is 0.0154. The molecule has 0 aromatic rings. The quantitative estimate of drug-likeness (QED) is 0.564. The molecule has 0 fully saturated rings. The average Bonchev–Trinajstić information content (AvgIpc) is 2.24. The molecule has 0 radical (unpaired) electrons. The van der Waals surface area contributed by atoms with Crippen LogP contribution in [0.4, 0.5) is 0 Å². The number of rotatable bonds is 8. The summed E-state index contributed by atoms with van der Waals surface area (Å²) in [4.78, 5) is 11.9. The van der Waals surface area contributed by atoms with E-state index in [-0.39, 0.29) is 24.0 Å². The van der Waals surface area contributed by atoms with E-state index in [1.807, 2.05) is 20.8 Å². The lowest BCUT2D eigenvalue weighted by Crippen LogP contribution is -2.52. The first kappa shape index (κ1) is 16.4. The molecule has 0 saturated heterocycles. The molecule has 17 heavy (non-hydrogen) atoms. The highest BCUT2D eigenvalue weighted by molar-refractivity contribution is 5.82. The van der Waals surface area contributed by atoms with Gasteiger partial charge in [-0.2, -0.15) is 0 Å². The van der Waals surface area contributed by atoms with Crippen molar-refractivity contribution in [2.75, 3.05) is 19.7 Å². The maximum Gasteiger partial charge on any atom is 0.237 e. The van der Waals surface area contributed by atoms with Crippen molar-refractivity contribution < 1.29 is 9.90 Å². The molecule has 0 unspecified atom stereocenters. The third kappa shape index (κ3) is 7.34. The van der Waals surface area contributed by atoms with Gasteiger partial charge >= 0.3 is 0 Å². The van der Waals surface area contributed by atoms with Crippen molar-refractivity contribution in [2.45, 2.75) is 53.0 Å². The van der Waals surface area contributed by atoms with E-state index in [0.717, 1.165) is 13.0 Å². The van der Waals surface area contributed by atoms with Crippen LogP contribution in [0.15, 0.2) is 0 Å². The monoisotopic (exact) mass is 244 g/mol. The van der Waals surface area contributed by atoms with Gasteiger partial charge in [-0.05, 0) is 18.4 Å². The Morgan fingerprint density at radius 1 is 1.24 bits per heavy atom. The molecule has 0 rings (SSSR count). The summed E-state index contributed by atoms with van der Waals surface area (Å²) in [5, 5.41) is 14.7. The third-order valence-electron chi connectivity index (χ3n) is 2.67. The van der Waals surface area contributed by atoms with Crippen molar-refractivity contribution >= 4 is 5.91 Å². The molecule has 1 atom stereocenters. The molecule has 3 N–H and O–H groups in total. The number of hydrogen-bond donors (Lipinski definition) is 3. The van der Waals surface area contributed by atoms with Gasteiger partial charge in [-0.3, -0.25) is 4.79 Å². The minimum Gasteiger partial charge on any atom is -0.395 e. The fraction of sp³-hybridized carbons (Fsp3) is 0.923. The van der Waals surface area contributed by atoms with Gasteiger partial charge in [0.1, 0.15) is 0 Å². The van der Waals surface area contributed by atoms with E-state index in [9.17, 15) is 4.79 Å². The van der Waals surface area contributed by atoms with Crippen LogP contribution in [0.25, 0.3) is 0 Å². The second-order valence-corrected chi connectivity index (χ2v) is 5.47. The molecule has 1 amide bonds. The molecule has 0 spiro atoms. The Balaban J connectivity index is 4.19. The Morgan fingerprint density at radius 3 is 2.35 bits per heavy atom. The molecule has 0 aliphatic heterocycles. The maximum absolute atomic E-state index is 11.9. The summed E-state index contributed by atoms with van der Waals surface area (Å²) in [5.41, 5.74) is -0.119. The van der Waals surface area contributed by atoms with Crippen molar-refractivity contribution in [1.29, 1.82) is 0 Å². The van der Waals surface area contributed by atoms with Crippen molar-refractivity contribution in [3.05, 3.63) is 0 Å². The van der Waals surface area contributed by atoms with Crippen molar-refractivity contribution in [1.82, 2.24) is 10.6 Å². The van der Waals surface area contributed by atoms with Crippen LogP contribution in [-0.2, 0) is 4.79 Å². The maximum atomic E-state index is 11.9. The first-order chi connectivity index (χ1) is 7.93. The number of aliphatic hydroxyl groups excluding tert-OH is 1. The molecule has 0 heterocycles. The first-order valence-electron chi connectivity index (χ1n) is 6.55. The van der Waals surface area contributed by atoms with Crippen molar-refractivity contribution in [2.24, 2.45) is 5.41 Å². The lowest BCUT2D eigenvalue weighted by atomic mass is 9.86. The number of aliphatic hydroxyl groups is 1. The zero-order chi connectivity index (χ0) is 13.3. The largest absolute Gasteiger partial charge is 0.395 e. The molecule has 0 bridgehead atoms. The molecule has 0 saturated carbocycles. The summed E-state index contributed by atoms with van der Waals surface area (Å²) < 4.78 is 0. The van der Waals surface area contributed by atoms with Gasteiger partial charge in [0.25, 0.3) is 0 Å². The molecule has 0 aromatic heterocycles. The van der Waals surface area contributed by atoms with Gasteiger partial charge in [-0.15, -0.1) is 0 Å². The second-order valence-electron chi connectivity index (χ2n) is 5.47. The number of carbonyl (C=O) groups excluding carboxylic acids is 1. The lowest BCUT2D eigenvalue weighted by molar-refractivity contribution is -0.125. The Kier molecular flexibility index (Phi) is 8.17. The topological polar surface area (TPSA) is 61.4 Å². The molecule has 102 valence electrons. The Morgan fingerprint density at radius 2 is 1.88 bits per heavy atom. The summed E-state index contributed by atoms with van der Waals surface area (Å²) >= 11 is 0. The second kappa shape index (κ2) is 8.48. The summed E-state index contributed by atoms with van der Waals surface area (Å²) in [6.07, 6.45) is 3.46. The SMILES string of the molecule is CCCCCN[C@H](C(=O)NCCO)C(C)(C)C. The number of nitrogens with one attached hydrogen (secondary N) is 2. The van der Waals surface area contributed by atoms with E-state index in [4.69, 9.17) is 5.11 Å². The van der Waals surface area contributed by atoms with Crippen LogP contribution in [0.2, 0.25) is 0 Å². The van der Waals surface area contributed by atoms with Crippen LogP contribution in [0.1, 0.15) is 47.0 Å². The fourth-order valence-electron chi connectivity index (χ4n) is 1.69. The van der Waals surface area contributed by atoms with Crippen LogP contribution in [0, 0.1) is 5.41 Å². The predicted octanol–water partition coefficient (Wildman–Crippen LogP) is 1.29. The van der Waals surface area contributed by atoms with Gasteiger partial charge in [0.2, 0.25) is 5.91 Å². The van der Waals surface area contributed by atoms with E-state index in [2.05, 4.69) is 17.6 Å². The van der Waals surface area contributed by atoms with Crippen LogP contribution in [-0.4, -0.2) is 36.8 Å². The zero-order valence-corrected chi connectivity index (χ0v) is 11.7. The first-order valence-corrected chi connectivity index (χ1v) is 6.55. The van der Waals surface area contributed by atoms with Crippen molar-refractivity contribution in [3.63, 3.8) is 0 Å². The van der Waals surface area contributed by atoms with E-state index in [0.29, 0.717) is 6.54 Å². The lowest BCUT2D eigenvalue weighted by Gasteiger charge is -2.30.